The van der Waals surface area contributed by atoms with E-state index in [1.54, 1.807) is 41.5 Å². The first-order valence-corrected chi connectivity index (χ1v) is 7.39. The van der Waals surface area contributed by atoms with Gasteiger partial charge < -0.3 is 18.7 Å². The third-order valence-electron chi connectivity index (χ3n) is 3.38. The van der Waals surface area contributed by atoms with Crippen molar-refractivity contribution in [1.82, 2.24) is 9.88 Å². The molecule has 116 valence electrons. The van der Waals surface area contributed by atoms with Gasteiger partial charge in [-0.15, -0.1) is 0 Å². The van der Waals surface area contributed by atoms with Gasteiger partial charge in [0.2, 0.25) is 0 Å². The van der Waals surface area contributed by atoms with Gasteiger partial charge >= 0.3 is 0 Å². The molecule has 0 aliphatic carbocycles. The molecular formula is C16H13N3O3S. The minimum atomic E-state index is -0.194. The van der Waals surface area contributed by atoms with Crippen LogP contribution in [0, 0.1) is 16.2 Å². The number of oxazole rings is 1. The van der Waals surface area contributed by atoms with Crippen LogP contribution in [-0.4, -0.2) is 22.3 Å². The van der Waals surface area contributed by atoms with Crippen LogP contribution in [0.5, 0.6) is 0 Å². The maximum atomic E-state index is 12.7. The lowest BCUT2D eigenvalue weighted by Gasteiger charge is -2.20. The number of aromatic nitrogens is 1. The van der Waals surface area contributed by atoms with Gasteiger partial charge in [0, 0.05) is 12.1 Å². The predicted molar refractivity (Wildman–Crippen MR) is 85.1 cm³/mol. The van der Waals surface area contributed by atoms with Crippen molar-refractivity contribution in [2.24, 2.45) is 0 Å². The van der Waals surface area contributed by atoms with Gasteiger partial charge in [-0.05, 0) is 42.5 Å². The van der Waals surface area contributed by atoms with E-state index in [0.717, 1.165) is 5.52 Å². The van der Waals surface area contributed by atoms with Crippen molar-refractivity contribution in [1.29, 1.82) is 5.26 Å². The molecule has 0 saturated carbocycles. The molecule has 0 unspecified atom stereocenters. The number of carbonyl (C=O) groups excluding carboxylic acids is 1. The summed E-state index contributed by atoms with van der Waals surface area (Å²) >= 11 is 4.94. The maximum Gasteiger partial charge on any atom is 0.266 e. The number of hydrogen-bond donors (Lipinski definition) is 1. The van der Waals surface area contributed by atoms with Crippen LogP contribution < -0.4 is 0 Å². The molecule has 0 bridgehead atoms. The maximum absolute atomic E-state index is 12.7. The van der Waals surface area contributed by atoms with Gasteiger partial charge in [0.25, 0.3) is 10.7 Å². The molecule has 1 amide bonds. The van der Waals surface area contributed by atoms with E-state index in [1.807, 2.05) is 0 Å². The summed E-state index contributed by atoms with van der Waals surface area (Å²) < 4.78 is 10.6. The van der Waals surface area contributed by atoms with Crippen molar-refractivity contribution in [2.45, 2.75) is 13.0 Å². The molecule has 6 nitrogen and oxygen atoms in total. The largest absolute Gasteiger partial charge is 0.467 e. The fourth-order valence-electron chi connectivity index (χ4n) is 2.29. The lowest BCUT2D eigenvalue weighted by atomic mass is 10.1. The molecule has 23 heavy (non-hydrogen) atoms. The summed E-state index contributed by atoms with van der Waals surface area (Å²) in [6, 6.07) is 10.7. The summed E-state index contributed by atoms with van der Waals surface area (Å²) in [5.74, 6) is 0.470. The van der Waals surface area contributed by atoms with E-state index >= 15 is 0 Å². The van der Waals surface area contributed by atoms with E-state index in [9.17, 15) is 4.79 Å². The van der Waals surface area contributed by atoms with E-state index in [1.165, 1.54) is 0 Å². The first kappa shape index (κ1) is 15.1. The Morgan fingerprint density at radius 2 is 2.26 bits per heavy atom. The average Bonchev–Trinajstić information content (AvgIpc) is 3.18. The number of H-pyrrole nitrogens is 1. The van der Waals surface area contributed by atoms with E-state index in [0.29, 0.717) is 30.0 Å². The number of furan rings is 1. The number of aromatic amines is 1. The molecule has 0 radical (unpaired) electrons. The fraction of sp³-hybridized carbons (Fsp3) is 0.188. The number of nitrogens with zero attached hydrogens (tertiary/aromatic N) is 2. The average molecular weight is 327 g/mol. The quantitative estimate of drug-likeness (QED) is 0.723. The molecule has 2 aromatic heterocycles. The molecule has 0 saturated heterocycles. The Morgan fingerprint density at radius 1 is 1.39 bits per heavy atom. The molecule has 0 aliphatic rings. The number of fused-ring (bicyclic) bond motifs is 1. The standard InChI is InChI=1S/C16H13N3O3S/c17-6-2-7-19(10-12-3-1-8-21-12)15(20)11-4-5-13-14(9-11)22-16(23)18-13/h1,3-5,8-9H,2,7,10H2,(H,18,23). The van der Waals surface area contributed by atoms with Crippen molar-refractivity contribution >= 4 is 29.2 Å². The Hall–Kier alpha value is -2.85. The van der Waals surface area contributed by atoms with Crippen LogP contribution >= 0.6 is 12.2 Å². The summed E-state index contributed by atoms with van der Waals surface area (Å²) in [4.78, 5) is 17.5. The topological polar surface area (TPSA) is 86.2 Å². The monoisotopic (exact) mass is 327 g/mol. The van der Waals surface area contributed by atoms with Gasteiger partial charge in [0.1, 0.15) is 5.76 Å². The predicted octanol–water partition coefficient (Wildman–Crippen LogP) is 3.64. The van der Waals surface area contributed by atoms with Crippen molar-refractivity contribution in [3.8, 4) is 6.07 Å². The van der Waals surface area contributed by atoms with Crippen LogP contribution in [0.25, 0.3) is 11.1 Å². The number of carbonyl (C=O) groups is 1. The lowest BCUT2D eigenvalue weighted by molar-refractivity contribution is 0.0735. The minimum Gasteiger partial charge on any atom is -0.467 e. The Kier molecular flexibility index (Phi) is 4.26. The van der Waals surface area contributed by atoms with Gasteiger partial charge in [-0.3, -0.25) is 4.79 Å². The summed E-state index contributed by atoms with van der Waals surface area (Å²) in [5.41, 5.74) is 1.74. The highest BCUT2D eigenvalue weighted by Crippen LogP contribution is 2.18. The number of amides is 1. The molecule has 0 atom stereocenters. The first-order chi connectivity index (χ1) is 11.2. The van der Waals surface area contributed by atoms with Crippen LogP contribution in [0.2, 0.25) is 0 Å². The van der Waals surface area contributed by atoms with Gasteiger partial charge in [-0.1, -0.05) is 0 Å². The van der Waals surface area contributed by atoms with E-state index in [-0.39, 0.29) is 17.2 Å². The van der Waals surface area contributed by atoms with E-state index in [4.69, 9.17) is 26.3 Å². The van der Waals surface area contributed by atoms with Crippen LogP contribution in [0.3, 0.4) is 0 Å². The third kappa shape index (κ3) is 3.33. The molecule has 2 heterocycles. The fourth-order valence-corrected chi connectivity index (χ4v) is 2.49. The molecule has 0 fully saturated rings. The number of hydrogen-bond acceptors (Lipinski definition) is 5. The second-order valence-corrected chi connectivity index (χ2v) is 5.31. The number of rotatable bonds is 5. The Labute approximate surface area is 136 Å². The molecule has 3 aromatic rings. The zero-order valence-corrected chi connectivity index (χ0v) is 12.9. The summed E-state index contributed by atoms with van der Waals surface area (Å²) in [5, 5.41) is 8.80. The highest BCUT2D eigenvalue weighted by molar-refractivity contribution is 7.71. The molecule has 7 heteroatoms. The molecule has 1 aromatic carbocycles. The summed E-state index contributed by atoms with van der Waals surface area (Å²) in [7, 11) is 0. The number of benzene rings is 1. The van der Waals surface area contributed by atoms with Crippen molar-refractivity contribution in [3.05, 3.63) is 52.8 Å². The van der Waals surface area contributed by atoms with Crippen LogP contribution in [0.1, 0.15) is 22.5 Å². The smallest absolute Gasteiger partial charge is 0.266 e. The van der Waals surface area contributed by atoms with E-state index < -0.39 is 0 Å². The molecule has 1 N–H and O–H groups in total. The van der Waals surface area contributed by atoms with Crippen molar-refractivity contribution < 1.29 is 13.6 Å². The Bertz CT molecular complexity index is 918. The van der Waals surface area contributed by atoms with Crippen LogP contribution in [0.15, 0.2) is 45.4 Å². The third-order valence-corrected chi connectivity index (χ3v) is 3.56. The molecule has 3 rings (SSSR count). The second kappa shape index (κ2) is 6.50. The minimum absolute atomic E-state index is 0.194. The molecule has 0 spiro atoms. The Morgan fingerprint density at radius 3 is 3.00 bits per heavy atom. The van der Waals surface area contributed by atoms with Gasteiger partial charge in [0.05, 0.1) is 30.8 Å². The first-order valence-electron chi connectivity index (χ1n) is 6.99. The second-order valence-electron chi connectivity index (χ2n) is 4.94. The van der Waals surface area contributed by atoms with Gasteiger partial charge in [0.15, 0.2) is 5.58 Å². The summed E-state index contributed by atoms with van der Waals surface area (Å²) in [6.07, 6.45) is 1.80. The lowest BCUT2D eigenvalue weighted by Crippen LogP contribution is -2.31. The molecular weight excluding hydrogens is 314 g/mol. The van der Waals surface area contributed by atoms with Crippen molar-refractivity contribution in [2.75, 3.05) is 6.54 Å². The van der Waals surface area contributed by atoms with Crippen LogP contribution in [-0.2, 0) is 6.54 Å². The van der Waals surface area contributed by atoms with E-state index in [2.05, 4.69) is 11.1 Å². The van der Waals surface area contributed by atoms with Crippen molar-refractivity contribution in [3.63, 3.8) is 0 Å². The van der Waals surface area contributed by atoms with Gasteiger partial charge in [-0.2, -0.15) is 5.26 Å². The zero-order chi connectivity index (χ0) is 16.2. The zero-order valence-electron chi connectivity index (χ0n) is 12.1. The summed E-state index contributed by atoms with van der Waals surface area (Å²) in [6.45, 7) is 0.632. The highest BCUT2D eigenvalue weighted by atomic mass is 32.1. The Balaban J connectivity index is 1.88. The SMILES string of the molecule is N#CCCN(Cc1ccco1)C(=O)c1ccc2[nH]c(=S)oc2c1. The normalized spacial score (nSPS) is 10.6. The number of nitrogens with one attached hydrogen (secondary N) is 1. The highest BCUT2D eigenvalue weighted by Gasteiger charge is 2.18. The van der Waals surface area contributed by atoms with Gasteiger partial charge in [-0.25, -0.2) is 0 Å². The number of nitriles is 1. The molecule has 0 aliphatic heterocycles. The van der Waals surface area contributed by atoms with Crippen LogP contribution in [0.4, 0.5) is 0 Å².